The number of nitrogens with zero attached hydrogens (tertiary/aromatic N) is 1. The van der Waals surface area contributed by atoms with E-state index in [-0.39, 0.29) is 0 Å². The second-order valence-corrected chi connectivity index (χ2v) is 7.07. The van der Waals surface area contributed by atoms with E-state index in [1.807, 2.05) is 36.4 Å². The van der Waals surface area contributed by atoms with Gasteiger partial charge in [0.15, 0.2) is 21.3 Å². The van der Waals surface area contributed by atoms with E-state index in [1.54, 1.807) is 0 Å². The fraction of sp³-hybridized carbons (Fsp3) is 0. The number of hydrogen-bond donors (Lipinski definition) is 0. The third-order valence-electron chi connectivity index (χ3n) is 2.44. The van der Waals surface area contributed by atoms with Crippen LogP contribution in [0.5, 0.6) is 0 Å². The maximum absolute atomic E-state index is 5.76. The van der Waals surface area contributed by atoms with E-state index in [1.165, 1.54) is 0 Å². The molecular formula is C12H6NO2P3. The number of aromatic nitrogens is 1. The number of fused-ring (bicyclic) bond motifs is 6. The van der Waals surface area contributed by atoms with Gasteiger partial charge in [-0.25, -0.2) is 4.98 Å². The van der Waals surface area contributed by atoms with Crippen molar-refractivity contribution >= 4 is 58.0 Å². The Kier molecular flexibility index (Phi) is 2.45. The second kappa shape index (κ2) is 4.14. The average Bonchev–Trinajstić information content (AvgIpc) is 3.04. The highest BCUT2D eigenvalue weighted by Crippen LogP contribution is 2.33. The summed E-state index contributed by atoms with van der Waals surface area (Å²) in [7, 11) is 3.01. The third kappa shape index (κ3) is 1.95. The molecule has 1 aliphatic rings. The summed E-state index contributed by atoms with van der Waals surface area (Å²) in [5, 5.41) is 3.65. The Bertz CT molecular complexity index is 783. The maximum atomic E-state index is 5.76. The van der Waals surface area contributed by atoms with Gasteiger partial charge >= 0.3 is 0 Å². The van der Waals surface area contributed by atoms with Crippen molar-refractivity contribution in [2.75, 3.05) is 0 Å². The molecule has 0 aromatic carbocycles. The summed E-state index contributed by atoms with van der Waals surface area (Å²) >= 11 is 0. The molecule has 3 aromatic heterocycles. The monoisotopic (exact) mass is 289 g/mol. The summed E-state index contributed by atoms with van der Waals surface area (Å²) < 4.78 is 11.5. The second-order valence-electron chi connectivity index (χ2n) is 3.72. The van der Waals surface area contributed by atoms with E-state index < -0.39 is 0 Å². The topological polar surface area (TPSA) is 39.2 Å². The van der Waals surface area contributed by atoms with Crippen LogP contribution < -0.4 is 0 Å². The molecule has 0 N–H and O–H groups in total. The van der Waals surface area contributed by atoms with Crippen LogP contribution in [0.2, 0.25) is 0 Å². The molecule has 0 aliphatic carbocycles. The van der Waals surface area contributed by atoms with Crippen molar-refractivity contribution < 1.29 is 8.83 Å². The lowest BCUT2D eigenvalue weighted by Crippen LogP contribution is -1.63. The van der Waals surface area contributed by atoms with E-state index in [4.69, 9.17) is 8.83 Å². The standard InChI is InChI=1S/C12H6NO2P3/c1-2-8-13-7(1)16-9-3-5-11(14-9)18-12-6-4-10(15-12)17-8/h1-6H. The highest BCUT2D eigenvalue weighted by atomic mass is 31.0. The third-order valence-corrected chi connectivity index (χ3v) is 5.24. The molecule has 0 saturated heterocycles. The molecule has 0 saturated carbocycles. The molecule has 4 rings (SSSR count). The van der Waals surface area contributed by atoms with Crippen molar-refractivity contribution in [1.29, 1.82) is 0 Å². The summed E-state index contributed by atoms with van der Waals surface area (Å²) in [5.41, 5.74) is 2.03. The lowest BCUT2D eigenvalue weighted by molar-refractivity contribution is 0.678. The van der Waals surface area contributed by atoms with Gasteiger partial charge in [0.05, 0.1) is 10.9 Å². The van der Waals surface area contributed by atoms with Gasteiger partial charge < -0.3 is 8.83 Å². The van der Waals surface area contributed by atoms with Crippen LogP contribution in [0.3, 0.4) is 0 Å². The predicted octanol–water partition coefficient (Wildman–Crippen LogP) is 5.92. The Morgan fingerprint density at radius 3 is 1.61 bits per heavy atom. The first-order valence-electron chi connectivity index (χ1n) is 5.34. The van der Waals surface area contributed by atoms with Gasteiger partial charge in [0, 0.05) is 24.6 Å². The van der Waals surface area contributed by atoms with E-state index >= 15 is 0 Å². The Morgan fingerprint density at radius 1 is 0.667 bits per heavy atom. The molecule has 0 amide bonds. The van der Waals surface area contributed by atoms with Gasteiger partial charge in [0.1, 0.15) is 0 Å². The van der Waals surface area contributed by atoms with Crippen molar-refractivity contribution in [2.24, 2.45) is 0 Å². The van der Waals surface area contributed by atoms with Crippen LogP contribution in [0.1, 0.15) is 10.9 Å². The summed E-state index contributed by atoms with van der Waals surface area (Å²) in [6.45, 7) is 0. The summed E-state index contributed by atoms with van der Waals surface area (Å²) in [4.78, 5) is 4.56. The molecule has 0 atom stereocenters. The fourth-order valence-electron chi connectivity index (χ4n) is 1.68. The Labute approximate surface area is 107 Å². The van der Waals surface area contributed by atoms with Gasteiger partial charge in [-0.15, -0.1) is 0 Å². The highest BCUT2D eigenvalue weighted by Gasteiger charge is 2.02. The fourth-order valence-corrected chi connectivity index (χ4v) is 4.35. The minimum absolute atomic E-state index is 0.905. The number of rotatable bonds is 0. The van der Waals surface area contributed by atoms with E-state index in [0.29, 0.717) is 0 Å². The van der Waals surface area contributed by atoms with Crippen LogP contribution in [-0.4, -0.2) is 4.98 Å². The van der Waals surface area contributed by atoms with Gasteiger partial charge in [0.25, 0.3) is 0 Å². The first-order chi connectivity index (χ1) is 8.85. The van der Waals surface area contributed by atoms with Crippen molar-refractivity contribution in [3.05, 3.63) is 35.1 Å². The smallest absolute Gasteiger partial charge is 0.157 e. The molecule has 18 heavy (non-hydrogen) atoms. The van der Waals surface area contributed by atoms with Crippen molar-refractivity contribution in [3.63, 3.8) is 0 Å². The molecule has 0 spiro atoms. The molecular weight excluding hydrogens is 283 g/mol. The van der Waals surface area contributed by atoms with E-state index in [0.717, 1.165) is 56.7 Å². The predicted molar refractivity (Wildman–Crippen MR) is 77.9 cm³/mol. The molecule has 0 unspecified atom stereocenters. The van der Waals surface area contributed by atoms with Gasteiger partial charge in [-0.05, 0) is 36.4 Å². The Morgan fingerprint density at radius 2 is 1.11 bits per heavy atom. The van der Waals surface area contributed by atoms with Crippen molar-refractivity contribution in [1.82, 2.24) is 4.98 Å². The van der Waals surface area contributed by atoms with Gasteiger partial charge in [0.2, 0.25) is 0 Å². The van der Waals surface area contributed by atoms with Crippen molar-refractivity contribution in [2.45, 2.75) is 0 Å². The minimum atomic E-state index is 0.905. The lowest BCUT2D eigenvalue weighted by atomic mass is 10.6. The summed E-state index contributed by atoms with van der Waals surface area (Å²) in [6.07, 6.45) is 4.07. The molecule has 6 bridgehead atoms. The van der Waals surface area contributed by atoms with Crippen LogP contribution in [-0.2, 0) is 0 Å². The Balaban J connectivity index is 2.19. The summed E-state index contributed by atoms with van der Waals surface area (Å²) in [6, 6.07) is 7.98. The quantitative estimate of drug-likeness (QED) is 0.403. The molecule has 3 nitrogen and oxygen atoms in total. The minimum Gasteiger partial charge on any atom is -0.448 e. The van der Waals surface area contributed by atoms with Crippen molar-refractivity contribution in [3.8, 4) is 0 Å². The Hall–Kier alpha value is -1.26. The SMILES string of the molecule is C1=Cc2nc1pc1ccc(o1)pc1ccc(o1)p2. The lowest BCUT2D eigenvalue weighted by Gasteiger charge is -1.82. The molecule has 1 aliphatic heterocycles. The molecule has 4 heterocycles. The van der Waals surface area contributed by atoms with Crippen LogP contribution >= 0.6 is 24.6 Å². The molecule has 86 valence electrons. The normalized spacial score (nSPS) is 13.6. The van der Waals surface area contributed by atoms with Crippen LogP contribution in [0, 0.1) is 0 Å². The zero-order valence-electron chi connectivity index (χ0n) is 9.07. The first-order valence-corrected chi connectivity index (χ1v) is 8.02. The average molecular weight is 289 g/mol. The maximum Gasteiger partial charge on any atom is 0.157 e. The number of furan rings is 2. The van der Waals surface area contributed by atoms with Gasteiger partial charge in [-0.3, -0.25) is 0 Å². The van der Waals surface area contributed by atoms with Crippen LogP contribution in [0.25, 0.3) is 33.4 Å². The molecule has 0 radical (unpaired) electrons. The van der Waals surface area contributed by atoms with Crippen LogP contribution in [0.15, 0.2) is 33.1 Å². The molecule has 0 fully saturated rings. The zero-order chi connectivity index (χ0) is 11.9. The molecule has 6 heteroatoms. The zero-order valence-corrected chi connectivity index (χ0v) is 11.8. The first kappa shape index (κ1) is 10.6. The molecule has 3 aromatic rings. The highest BCUT2D eigenvalue weighted by molar-refractivity contribution is 7.41. The van der Waals surface area contributed by atoms with Gasteiger partial charge in [-0.2, -0.15) is 0 Å². The van der Waals surface area contributed by atoms with Gasteiger partial charge in [-0.1, -0.05) is 0 Å². The summed E-state index contributed by atoms with van der Waals surface area (Å²) in [5.74, 6) is 0. The van der Waals surface area contributed by atoms with E-state index in [2.05, 4.69) is 4.98 Å². The largest absolute Gasteiger partial charge is 0.448 e. The number of hydrogen-bond acceptors (Lipinski definition) is 3. The van der Waals surface area contributed by atoms with E-state index in [9.17, 15) is 0 Å². The van der Waals surface area contributed by atoms with Crippen LogP contribution in [0.4, 0.5) is 0 Å².